The lowest BCUT2D eigenvalue weighted by molar-refractivity contribution is 0.664. The number of hydrogen-bond acceptors (Lipinski definition) is 1. The van der Waals surface area contributed by atoms with Crippen LogP contribution in [0, 0.1) is 6.92 Å². The normalized spacial score (nSPS) is 14.5. The largest absolute Gasteiger partial charge is 0.272 e. The van der Waals surface area contributed by atoms with E-state index in [1.807, 2.05) is 25.6 Å². The van der Waals surface area contributed by atoms with Crippen molar-refractivity contribution in [1.29, 1.82) is 0 Å². The molecule has 0 radical (unpaired) electrons. The Bertz CT molecular complexity index is 274. The summed E-state index contributed by atoms with van der Waals surface area (Å²) >= 11 is 0. The van der Waals surface area contributed by atoms with Crippen LogP contribution in [0.25, 0.3) is 0 Å². The number of rotatable bonds is 0. The molecule has 0 saturated heterocycles. The Hall–Kier alpha value is -0.790. The Balaban J connectivity index is 0.000000396. The van der Waals surface area contributed by atoms with Crippen LogP contribution in [0.3, 0.4) is 0 Å². The second-order valence-corrected chi connectivity index (χ2v) is 3.34. The number of nitrogens with zero attached hydrogens (tertiary/aromatic N) is 2. The first-order valence-electron chi connectivity index (χ1n) is 5.30. The van der Waals surface area contributed by atoms with E-state index in [9.17, 15) is 0 Å². The molecule has 0 fully saturated rings. The van der Waals surface area contributed by atoms with E-state index in [-0.39, 0.29) is 0 Å². The SMILES string of the molecule is CC.Cc1c2c(nn1C)CCCC2. The van der Waals surface area contributed by atoms with E-state index in [4.69, 9.17) is 0 Å². The van der Waals surface area contributed by atoms with Crippen molar-refractivity contribution in [2.24, 2.45) is 7.05 Å². The van der Waals surface area contributed by atoms with Gasteiger partial charge in [0.15, 0.2) is 0 Å². The molecule has 1 heterocycles. The van der Waals surface area contributed by atoms with Gasteiger partial charge in [-0.25, -0.2) is 0 Å². The van der Waals surface area contributed by atoms with E-state index < -0.39 is 0 Å². The number of hydrogen-bond donors (Lipinski definition) is 0. The van der Waals surface area contributed by atoms with E-state index in [0.29, 0.717) is 0 Å². The van der Waals surface area contributed by atoms with Crippen molar-refractivity contribution in [2.75, 3.05) is 0 Å². The third-order valence-corrected chi connectivity index (χ3v) is 2.63. The maximum Gasteiger partial charge on any atom is 0.0659 e. The van der Waals surface area contributed by atoms with Crippen LogP contribution in [0.1, 0.15) is 43.6 Å². The summed E-state index contributed by atoms with van der Waals surface area (Å²) < 4.78 is 2.01. The first-order valence-corrected chi connectivity index (χ1v) is 5.30. The van der Waals surface area contributed by atoms with E-state index in [1.165, 1.54) is 42.6 Å². The average Bonchev–Trinajstić information content (AvgIpc) is 2.47. The minimum absolute atomic E-state index is 1.19. The maximum absolute atomic E-state index is 4.47. The molecule has 0 unspecified atom stereocenters. The molecule has 0 saturated carbocycles. The first kappa shape index (κ1) is 10.3. The van der Waals surface area contributed by atoms with Gasteiger partial charge in [0.2, 0.25) is 0 Å². The third-order valence-electron chi connectivity index (χ3n) is 2.63. The summed E-state index contributed by atoms with van der Waals surface area (Å²) in [6, 6.07) is 0. The van der Waals surface area contributed by atoms with E-state index in [1.54, 1.807) is 0 Å². The van der Waals surface area contributed by atoms with Crippen LogP contribution < -0.4 is 0 Å². The lowest BCUT2D eigenvalue weighted by atomic mass is 9.96. The molecule has 1 aliphatic carbocycles. The van der Waals surface area contributed by atoms with Crippen molar-refractivity contribution in [3.05, 3.63) is 17.0 Å². The van der Waals surface area contributed by atoms with Crippen LogP contribution in [-0.4, -0.2) is 9.78 Å². The molecule has 0 bridgehead atoms. The van der Waals surface area contributed by atoms with Crippen LogP contribution in [0.5, 0.6) is 0 Å². The lowest BCUT2D eigenvalue weighted by Gasteiger charge is -2.08. The van der Waals surface area contributed by atoms with Crippen LogP contribution in [0.15, 0.2) is 0 Å². The van der Waals surface area contributed by atoms with Gasteiger partial charge < -0.3 is 0 Å². The van der Waals surface area contributed by atoms with Gasteiger partial charge in [0.25, 0.3) is 0 Å². The molecular weight excluding hydrogens is 160 g/mol. The zero-order valence-electron chi connectivity index (χ0n) is 9.22. The summed E-state index contributed by atoms with van der Waals surface area (Å²) in [6.45, 7) is 6.16. The van der Waals surface area contributed by atoms with Crippen LogP contribution in [0.2, 0.25) is 0 Å². The zero-order valence-corrected chi connectivity index (χ0v) is 9.22. The molecule has 0 spiro atoms. The van der Waals surface area contributed by atoms with Gasteiger partial charge in [0.05, 0.1) is 5.69 Å². The van der Waals surface area contributed by atoms with Gasteiger partial charge in [-0.2, -0.15) is 5.10 Å². The molecule has 0 aliphatic heterocycles. The average molecular weight is 180 g/mol. The molecular formula is C11H20N2. The van der Waals surface area contributed by atoms with Gasteiger partial charge in [0, 0.05) is 12.7 Å². The highest BCUT2D eigenvalue weighted by atomic mass is 15.3. The van der Waals surface area contributed by atoms with Crippen LogP contribution >= 0.6 is 0 Å². The Kier molecular flexibility index (Phi) is 3.52. The molecule has 0 N–H and O–H groups in total. The first-order chi connectivity index (χ1) is 6.29. The van der Waals surface area contributed by atoms with Crippen molar-refractivity contribution in [3.8, 4) is 0 Å². The van der Waals surface area contributed by atoms with Crippen molar-refractivity contribution in [2.45, 2.75) is 46.5 Å². The fourth-order valence-corrected chi connectivity index (χ4v) is 1.84. The van der Waals surface area contributed by atoms with Crippen molar-refractivity contribution >= 4 is 0 Å². The summed E-state index contributed by atoms with van der Waals surface area (Å²) in [7, 11) is 2.04. The van der Waals surface area contributed by atoms with Gasteiger partial charge in [0.1, 0.15) is 0 Å². The molecule has 2 heteroatoms. The monoisotopic (exact) mass is 180 g/mol. The molecule has 1 aliphatic rings. The number of fused-ring (bicyclic) bond motifs is 1. The highest BCUT2D eigenvalue weighted by Crippen LogP contribution is 2.22. The van der Waals surface area contributed by atoms with E-state index in [0.717, 1.165) is 0 Å². The summed E-state index contributed by atoms with van der Waals surface area (Å²) in [5.41, 5.74) is 4.22. The van der Waals surface area contributed by atoms with Gasteiger partial charge in [-0.15, -0.1) is 0 Å². The fourth-order valence-electron chi connectivity index (χ4n) is 1.84. The second-order valence-electron chi connectivity index (χ2n) is 3.34. The minimum Gasteiger partial charge on any atom is -0.272 e. The minimum atomic E-state index is 1.19. The quantitative estimate of drug-likeness (QED) is 0.600. The Labute approximate surface area is 81.0 Å². The molecule has 0 aromatic carbocycles. The van der Waals surface area contributed by atoms with E-state index >= 15 is 0 Å². The Morgan fingerprint density at radius 3 is 2.38 bits per heavy atom. The maximum atomic E-state index is 4.47. The molecule has 1 aromatic heterocycles. The second kappa shape index (κ2) is 4.45. The van der Waals surface area contributed by atoms with Gasteiger partial charge in [-0.1, -0.05) is 13.8 Å². The predicted octanol–water partition coefficient (Wildman–Crippen LogP) is 2.63. The Morgan fingerprint density at radius 1 is 1.15 bits per heavy atom. The number of aryl methyl sites for hydroxylation is 2. The lowest BCUT2D eigenvalue weighted by Crippen LogP contribution is -2.00. The molecule has 13 heavy (non-hydrogen) atoms. The van der Waals surface area contributed by atoms with Crippen molar-refractivity contribution in [3.63, 3.8) is 0 Å². The van der Waals surface area contributed by atoms with Gasteiger partial charge >= 0.3 is 0 Å². The molecule has 74 valence electrons. The third kappa shape index (κ3) is 1.93. The van der Waals surface area contributed by atoms with Crippen molar-refractivity contribution < 1.29 is 0 Å². The smallest absolute Gasteiger partial charge is 0.0659 e. The topological polar surface area (TPSA) is 17.8 Å². The summed E-state index contributed by atoms with van der Waals surface area (Å²) in [6.07, 6.45) is 5.11. The summed E-state index contributed by atoms with van der Waals surface area (Å²) in [5, 5.41) is 4.47. The van der Waals surface area contributed by atoms with Crippen LogP contribution in [-0.2, 0) is 19.9 Å². The summed E-state index contributed by atoms with van der Waals surface area (Å²) in [4.78, 5) is 0. The predicted molar refractivity (Wildman–Crippen MR) is 55.9 cm³/mol. The zero-order chi connectivity index (χ0) is 9.84. The highest BCUT2D eigenvalue weighted by molar-refractivity contribution is 5.27. The molecule has 2 rings (SSSR count). The fraction of sp³-hybridized carbons (Fsp3) is 0.727. The van der Waals surface area contributed by atoms with Gasteiger partial charge in [-0.05, 0) is 38.2 Å². The standard InChI is InChI=1S/C9H14N2.C2H6/c1-7-8-5-3-4-6-9(8)10-11(7)2;1-2/h3-6H2,1-2H3;1-2H3. The molecule has 2 nitrogen and oxygen atoms in total. The molecule has 0 atom stereocenters. The number of aromatic nitrogens is 2. The summed E-state index contributed by atoms with van der Waals surface area (Å²) in [5.74, 6) is 0. The highest BCUT2D eigenvalue weighted by Gasteiger charge is 2.15. The molecule has 1 aromatic rings. The molecule has 0 amide bonds. The Morgan fingerprint density at radius 2 is 1.77 bits per heavy atom. The van der Waals surface area contributed by atoms with Crippen LogP contribution in [0.4, 0.5) is 0 Å². The van der Waals surface area contributed by atoms with Gasteiger partial charge in [-0.3, -0.25) is 4.68 Å². The van der Waals surface area contributed by atoms with E-state index in [2.05, 4.69) is 12.0 Å². The van der Waals surface area contributed by atoms with Crippen molar-refractivity contribution in [1.82, 2.24) is 9.78 Å².